The highest BCUT2D eigenvalue weighted by Gasteiger charge is 2.10. The van der Waals surface area contributed by atoms with Crippen molar-refractivity contribution in [2.75, 3.05) is 34.2 Å². The lowest BCUT2D eigenvalue weighted by Crippen LogP contribution is -2.39. The van der Waals surface area contributed by atoms with Gasteiger partial charge in [-0.1, -0.05) is 0 Å². The molecule has 1 rings (SSSR count). The normalized spacial score (nSPS) is 11.5. The van der Waals surface area contributed by atoms with Crippen molar-refractivity contribution in [2.24, 2.45) is 12.0 Å². The summed E-state index contributed by atoms with van der Waals surface area (Å²) in [5, 5.41) is 3.26. The molecule has 0 fully saturated rings. The predicted molar refractivity (Wildman–Crippen MR) is 93.9 cm³/mol. The monoisotopic (exact) mass is 371 g/mol. The largest absolute Gasteiger partial charge is 0.357 e. The van der Waals surface area contributed by atoms with Crippen molar-refractivity contribution < 1.29 is 4.79 Å². The minimum absolute atomic E-state index is 0.0913. The third-order valence-corrected chi connectivity index (χ3v) is 3.69. The molecule has 0 aliphatic carbocycles. The van der Waals surface area contributed by atoms with Crippen LogP contribution in [0.2, 0.25) is 0 Å². The van der Waals surface area contributed by atoms with Crippen molar-refractivity contribution in [1.29, 1.82) is 0 Å². The standard InChI is InChI=1S/C15H26BrN5O/c1-6-17-15(18-8-7-14(22)19(2)3)21(5)11-13-9-12(16)10-20(13)4/h9-10H,6-8,11H2,1-5H3,(H,17,18). The molecule has 0 saturated heterocycles. The van der Waals surface area contributed by atoms with Crippen LogP contribution in [0.5, 0.6) is 0 Å². The minimum atomic E-state index is 0.0913. The smallest absolute Gasteiger partial charge is 0.223 e. The van der Waals surface area contributed by atoms with Crippen LogP contribution < -0.4 is 5.32 Å². The number of aryl methyl sites for hydroxylation is 1. The summed E-state index contributed by atoms with van der Waals surface area (Å²) >= 11 is 3.48. The molecule has 22 heavy (non-hydrogen) atoms. The number of aliphatic imine (C=N–C) groups is 1. The van der Waals surface area contributed by atoms with Crippen molar-refractivity contribution >= 4 is 27.8 Å². The van der Waals surface area contributed by atoms with E-state index in [2.05, 4.69) is 41.8 Å². The number of carbonyl (C=O) groups is 1. The summed E-state index contributed by atoms with van der Waals surface area (Å²) in [6, 6.07) is 2.09. The molecule has 7 heteroatoms. The average molecular weight is 372 g/mol. The first-order valence-electron chi connectivity index (χ1n) is 7.35. The first kappa shape index (κ1) is 18.5. The average Bonchev–Trinajstić information content (AvgIpc) is 2.75. The molecule has 1 amide bonds. The van der Waals surface area contributed by atoms with Gasteiger partial charge in [-0.2, -0.15) is 0 Å². The van der Waals surface area contributed by atoms with E-state index in [1.54, 1.807) is 19.0 Å². The third-order valence-electron chi connectivity index (χ3n) is 3.26. The molecule has 0 atom stereocenters. The molecule has 1 N–H and O–H groups in total. The highest BCUT2D eigenvalue weighted by atomic mass is 79.9. The van der Waals surface area contributed by atoms with Crippen LogP contribution in [0.1, 0.15) is 19.0 Å². The van der Waals surface area contributed by atoms with Gasteiger partial charge in [0.1, 0.15) is 0 Å². The Kier molecular flexibility index (Phi) is 7.44. The number of nitrogens with zero attached hydrogens (tertiary/aromatic N) is 4. The number of guanidine groups is 1. The van der Waals surface area contributed by atoms with Gasteiger partial charge < -0.3 is 19.7 Å². The maximum absolute atomic E-state index is 11.6. The second-order valence-corrected chi connectivity index (χ2v) is 6.31. The van der Waals surface area contributed by atoms with E-state index in [1.165, 1.54) is 5.69 Å². The zero-order valence-electron chi connectivity index (χ0n) is 14.1. The highest BCUT2D eigenvalue weighted by Crippen LogP contribution is 2.14. The van der Waals surface area contributed by atoms with Gasteiger partial charge in [0.25, 0.3) is 0 Å². The molecule has 0 radical (unpaired) electrons. The Balaban J connectivity index is 2.68. The second-order valence-electron chi connectivity index (χ2n) is 5.39. The van der Waals surface area contributed by atoms with Crippen LogP contribution in [-0.4, -0.2) is 60.5 Å². The Hall–Kier alpha value is -1.50. The van der Waals surface area contributed by atoms with Crippen LogP contribution in [0.4, 0.5) is 0 Å². The van der Waals surface area contributed by atoms with E-state index in [4.69, 9.17) is 0 Å². The van der Waals surface area contributed by atoms with Gasteiger partial charge >= 0.3 is 0 Å². The number of rotatable bonds is 6. The Bertz CT molecular complexity index is 524. The molecule has 0 saturated carbocycles. The molecule has 0 bridgehead atoms. The number of hydrogen-bond donors (Lipinski definition) is 1. The summed E-state index contributed by atoms with van der Waals surface area (Å²) in [5.41, 5.74) is 1.18. The van der Waals surface area contributed by atoms with Crippen molar-refractivity contribution in [3.63, 3.8) is 0 Å². The SMILES string of the molecule is CCNC(=NCCC(=O)N(C)C)N(C)Cc1cc(Br)cn1C. The predicted octanol–water partition coefficient (Wildman–Crippen LogP) is 1.66. The summed E-state index contributed by atoms with van der Waals surface area (Å²) in [6.45, 7) is 4.06. The number of halogens is 1. The molecule has 1 aromatic rings. The van der Waals surface area contributed by atoms with Crippen LogP contribution in [0.25, 0.3) is 0 Å². The highest BCUT2D eigenvalue weighted by molar-refractivity contribution is 9.10. The van der Waals surface area contributed by atoms with E-state index in [9.17, 15) is 4.79 Å². The van der Waals surface area contributed by atoms with Gasteiger partial charge in [0.05, 0.1) is 13.1 Å². The number of hydrogen-bond acceptors (Lipinski definition) is 2. The fourth-order valence-electron chi connectivity index (χ4n) is 1.99. The van der Waals surface area contributed by atoms with Crippen molar-refractivity contribution in [3.05, 3.63) is 22.4 Å². The zero-order chi connectivity index (χ0) is 16.7. The quantitative estimate of drug-likeness (QED) is 0.611. The van der Waals surface area contributed by atoms with Gasteiger partial charge in [0, 0.05) is 57.5 Å². The Morgan fingerprint density at radius 3 is 2.59 bits per heavy atom. The van der Waals surface area contributed by atoms with E-state index in [1.807, 2.05) is 27.2 Å². The molecular weight excluding hydrogens is 346 g/mol. The molecule has 0 aliphatic heterocycles. The van der Waals surface area contributed by atoms with Crippen LogP contribution in [0.15, 0.2) is 21.7 Å². The molecule has 6 nitrogen and oxygen atoms in total. The number of amides is 1. The van der Waals surface area contributed by atoms with Gasteiger partial charge in [-0.25, -0.2) is 0 Å². The molecule has 1 heterocycles. The number of nitrogens with one attached hydrogen (secondary N) is 1. The molecule has 0 aromatic carbocycles. The molecule has 124 valence electrons. The minimum Gasteiger partial charge on any atom is -0.357 e. The van der Waals surface area contributed by atoms with E-state index in [0.717, 1.165) is 23.5 Å². The lowest BCUT2D eigenvalue weighted by Gasteiger charge is -2.22. The second kappa shape index (κ2) is 8.82. The summed E-state index contributed by atoms with van der Waals surface area (Å²) in [6.07, 6.45) is 2.45. The van der Waals surface area contributed by atoms with Gasteiger partial charge in [0.2, 0.25) is 5.91 Å². The Labute approximate surface area is 141 Å². The topological polar surface area (TPSA) is 52.9 Å². The summed E-state index contributed by atoms with van der Waals surface area (Å²) in [5.74, 6) is 0.903. The molecule has 0 spiro atoms. The van der Waals surface area contributed by atoms with Crippen LogP contribution >= 0.6 is 15.9 Å². The van der Waals surface area contributed by atoms with Crippen molar-refractivity contribution in [2.45, 2.75) is 19.9 Å². The molecule has 1 aromatic heterocycles. The third kappa shape index (κ3) is 5.71. The van der Waals surface area contributed by atoms with E-state index >= 15 is 0 Å². The Morgan fingerprint density at radius 1 is 1.41 bits per heavy atom. The molecular formula is C15H26BrN5O. The fourth-order valence-corrected chi connectivity index (χ4v) is 2.56. The van der Waals surface area contributed by atoms with Gasteiger partial charge in [-0.3, -0.25) is 9.79 Å². The van der Waals surface area contributed by atoms with Crippen LogP contribution in [0.3, 0.4) is 0 Å². The maximum Gasteiger partial charge on any atom is 0.223 e. The zero-order valence-corrected chi connectivity index (χ0v) is 15.6. The maximum atomic E-state index is 11.6. The van der Waals surface area contributed by atoms with Crippen molar-refractivity contribution in [1.82, 2.24) is 19.7 Å². The van der Waals surface area contributed by atoms with Gasteiger partial charge in [-0.05, 0) is 28.9 Å². The van der Waals surface area contributed by atoms with Gasteiger partial charge in [0.15, 0.2) is 5.96 Å². The molecule has 0 aliphatic rings. The Morgan fingerprint density at radius 2 is 2.09 bits per heavy atom. The van der Waals surface area contributed by atoms with Gasteiger partial charge in [-0.15, -0.1) is 0 Å². The van der Waals surface area contributed by atoms with E-state index < -0.39 is 0 Å². The number of aromatic nitrogens is 1. The first-order chi connectivity index (χ1) is 10.3. The van der Waals surface area contributed by atoms with Crippen LogP contribution in [0, 0.1) is 0 Å². The van der Waals surface area contributed by atoms with E-state index in [0.29, 0.717) is 13.0 Å². The fraction of sp³-hybridized carbons (Fsp3) is 0.600. The van der Waals surface area contributed by atoms with Crippen molar-refractivity contribution in [3.8, 4) is 0 Å². The number of carbonyl (C=O) groups excluding carboxylic acids is 1. The van der Waals surface area contributed by atoms with E-state index in [-0.39, 0.29) is 5.91 Å². The summed E-state index contributed by atoms with van der Waals surface area (Å²) < 4.78 is 3.15. The lowest BCUT2D eigenvalue weighted by molar-refractivity contribution is -0.128. The lowest BCUT2D eigenvalue weighted by atomic mass is 10.4. The summed E-state index contributed by atoms with van der Waals surface area (Å²) in [4.78, 5) is 19.8. The first-order valence-corrected chi connectivity index (χ1v) is 8.14. The summed E-state index contributed by atoms with van der Waals surface area (Å²) in [7, 11) is 7.54. The van der Waals surface area contributed by atoms with Crippen LogP contribution in [-0.2, 0) is 18.4 Å². The molecule has 0 unspecified atom stereocenters.